The van der Waals surface area contributed by atoms with Crippen LogP contribution in [-0.2, 0) is 30.5 Å². The van der Waals surface area contributed by atoms with Crippen molar-refractivity contribution in [2.24, 2.45) is 0 Å². The van der Waals surface area contributed by atoms with Crippen molar-refractivity contribution in [1.82, 2.24) is 9.78 Å². The van der Waals surface area contributed by atoms with E-state index in [1.807, 2.05) is 0 Å². The molecule has 1 aliphatic heterocycles. The van der Waals surface area contributed by atoms with Crippen LogP contribution in [0.2, 0.25) is 0 Å². The number of nitrogens with zero attached hydrogens (tertiary/aromatic N) is 2. The van der Waals surface area contributed by atoms with Crippen LogP contribution in [0.5, 0.6) is 0 Å². The van der Waals surface area contributed by atoms with Gasteiger partial charge in [-0.2, -0.15) is 5.10 Å². The predicted molar refractivity (Wildman–Crippen MR) is 92.5 cm³/mol. The van der Waals surface area contributed by atoms with Crippen LogP contribution in [0.4, 0.5) is 0 Å². The number of aryl methyl sites for hydroxylation is 1. The van der Waals surface area contributed by atoms with E-state index in [-0.39, 0.29) is 6.10 Å². The molecule has 0 saturated carbocycles. The molecule has 112 valence electrons. The average Bonchev–Trinajstić information content (AvgIpc) is 2.82. The molecule has 1 unspecified atom stereocenters. The Hall–Kier alpha value is -0.880. The molecule has 2 heterocycles. The van der Waals surface area contributed by atoms with Crippen LogP contribution in [0.25, 0.3) is 0 Å². The van der Waals surface area contributed by atoms with Crippen molar-refractivity contribution in [2.75, 3.05) is 6.61 Å². The molecule has 3 rings (SSSR count). The third-order valence-electron chi connectivity index (χ3n) is 4.16. The fraction of sp³-hybridized carbons (Fsp3) is 0.471. The summed E-state index contributed by atoms with van der Waals surface area (Å²) in [5.74, 6) is 0. The summed E-state index contributed by atoms with van der Waals surface area (Å²) >= 11 is 2.43. The SMILES string of the molecule is CCc1nn(CC2OCCc3ccccc32)c(CC)c1I. The lowest BCUT2D eigenvalue weighted by atomic mass is 9.97. The van der Waals surface area contributed by atoms with Gasteiger partial charge in [0.05, 0.1) is 28.1 Å². The quantitative estimate of drug-likeness (QED) is 0.733. The highest BCUT2D eigenvalue weighted by Gasteiger charge is 2.23. The van der Waals surface area contributed by atoms with Crippen LogP contribution < -0.4 is 0 Å². The first kappa shape index (κ1) is 15.0. The Morgan fingerprint density at radius 2 is 2.10 bits per heavy atom. The molecule has 1 atom stereocenters. The van der Waals surface area contributed by atoms with Gasteiger partial charge in [-0.3, -0.25) is 4.68 Å². The first-order chi connectivity index (χ1) is 10.2. The fourth-order valence-electron chi connectivity index (χ4n) is 3.03. The first-order valence-electron chi connectivity index (χ1n) is 7.68. The lowest BCUT2D eigenvalue weighted by molar-refractivity contribution is 0.0277. The Morgan fingerprint density at radius 1 is 1.29 bits per heavy atom. The standard InChI is InChI=1S/C17H21IN2O/c1-3-14-17(18)15(4-2)20(19-14)11-16-13-8-6-5-7-12(13)9-10-21-16/h5-8,16H,3-4,9-11H2,1-2H3. The van der Waals surface area contributed by atoms with Crippen LogP contribution in [-0.4, -0.2) is 16.4 Å². The summed E-state index contributed by atoms with van der Waals surface area (Å²) in [4.78, 5) is 0. The van der Waals surface area contributed by atoms with Crippen molar-refractivity contribution in [3.05, 3.63) is 50.4 Å². The fourth-order valence-corrected chi connectivity index (χ4v) is 4.18. The Morgan fingerprint density at radius 3 is 2.86 bits per heavy atom. The van der Waals surface area contributed by atoms with Gasteiger partial charge in [0.2, 0.25) is 0 Å². The lowest BCUT2D eigenvalue weighted by Gasteiger charge is -2.26. The van der Waals surface area contributed by atoms with Crippen LogP contribution in [0, 0.1) is 3.57 Å². The van der Waals surface area contributed by atoms with E-state index < -0.39 is 0 Å². The number of fused-ring (bicyclic) bond motifs is 1. The van der Waals surface area contributed by atoms with Crippen molar-refractivity contribution < 1.29 is 4.74 Å². The molecule has 0 radical (unpaired) electrons. The zero-order valence-electron chi connectivity index (χ0n) is 12.6. The number of hydrogen-bond donors (Lipinski definition) is 0. The summed E-state index contributed by atoms with van der Waals surface area (Å²) < 4.78 is 9.51. The Labute approximate surface area is 139 Å². The minimum atomic E-state index is 0.126. The van der Waals surface area contributed by atoms with Crippen molar-refractivity contribution in [1.29, 1.82) is 0 Å². The number of rotatable bonds is 4. The Balaban J connectivity index is 1.91. The highest BCUT2D eigenvalue weighted by Crippen LogP contribution is 2.29. The van der Waals surface area contributed by atoms with Crippen LogP contribution >= 0.6 is 22.6 Å². The van der Waals surface area contributed by atoms with E-state index in [1.54, 1.807) is 0 Å². The normalized spacial score (nSPS) is 17.8. The van der Waals surface area contributed by atoms with Crippen molar-refractivity contribution in [3.63, 3.8) is 0 Å². The molecule has 1 aliphatic rings. The largest absolute Gasteiger partial charge is 0.371 e. The molecule has 0 saturated heterocycles. The average molecular weight is 396 g/mol. The smallest absolute Gasteiger partial charge is 0.102 e. The van der Waals surface area contributed by atoms with E-state index in [2.05, 4.69) is 65.4 Å². The summed E-state index contributed by atoms with van der Waals surface area (Å²) in [5.41, 5.74) is 5.29. The number of benzene rings is 1. The molecule has 2 aromatic rings. The predicted octanol–water partition coefficient (Wildman–Crippen LogP) is 3.93. The van der Waals surface area contributed by atoms with Gasteiger partial charge in [0.15, 0.2) is 0 Å². The number of ether oxygens (including phenoxy) is 1. The van der Waals surface area contributed by atoms with Gasteiger partial charge in [-0.05, 0) is 53.0 Å². The van der Waals surface area contributed by atoms with E-state index in [4.69, 9.17) is 9.84 Å². The summed E-state index contributed by atoms with van der Waals surface area (Å²) in [6.45, 7) is 5.99. The van der Waals surface area contributed by atoms with E-state index >= 15 is 0 Å². The van der Waals surface area contributed by atoms with Gasteiger partial charge in [-0.1, -0.05) is 38.1 Å². The minimum absolute atomic E-state index is 0.126. The van der Waals surface area contributed by atoms with Gasteiger partial charge in [-0.25, -0.2) is 0 Å². The van der Waals surface area contributed by atoms with Gasteiger partial charge in [0.1, 0.15) is 6.10 Å². The van der Waals surface area contributed by atoms with Crippen LogP contribution in [0.15, 0.2) is 24.3 Å². The van der Waals surface area contributed by atoms with Gasteiger partial charge >= 0.3 is 0 Å². The molecule has 21 heavy (non-hydrogen) atoms. The second-order valence-corrected chi connectivity index (χ2v) is 6.48. The molecule has 1 aromatic heterocycles. The van der Waals surface area contributed by atoms with Crippen LogP contribution in [0.1, 0.15) is 42.5 Å². The van der Waals surface area contributed by atoms with Gasteiger partial charge in [0, 0.05) is 0 Å². The summed E-state index contributed by atoms with van der Waals surface area (Å²) in [6, 6.07) is 8.63. The molecular formula is C17H21IN2O. The van der Waals surface area contributed by atoms with E-state index in [0.29, 0.717) is 0 Å². The molecule has 1 aromatic carbocycles. The molecule has 4 heteroatoms. The molecule has 0 amide bonds. The summed E-state index contributed by atoms with van der Waals surface area (Å²) in [7, 11) is 0. The second-order valence-electron chi connectivity index (χ2n) is 5.40. The monoisotopic (exact) mass is 396 g/mol. The van der Waals surface area contributed by atoms with E-state index in [9.17, 15) is 0 Å². The summed E-state index contributed by atoms with van der Waals surface area (Å²) in [5, 5.41) is 4.80. The topological polar surface area (TPSA) is 27.1 Å². The third kappa shape index (κ3) is 2.88. The lowest BCUT2D eigenvalue weighted by Crippen LogP contribution is -2.22. The molecule has 0 bridgehead atoms. The number of hydrogen-bond acceptors (Lipinski definition) is 2. The van der Waals surface area contributed by atoms with Crippen molar-refractivity contribution in [2.45, 2.75) is 45.8 Å². The first-order valence-corrected chi connectivity index (χ1v) is 8.75. The molecule has 0 spiro atoms. The highest BCUT2D eigenvalue weighted by atomic mass is 127. The van der Waals surface area contributed by atoms with Crippen molar-refractivity contribution >= 4 is 22.6 Å². The van der Waals surface area contributed by atoms with Gasteiger partial charge < -0.3 is 4.74 Å². The minimum Gasteiger partial charge on any atom is -0.371 e. The van der Waals surface area contributed by atoms with E-state index in [0.717, 1.165) is 32.4 Å². The van der Waals surface area contributed by atoms with Gasteiger partial charge in [0.25, 0.3) is 0 Å². The molecule has 3 nitrogen and oxygen atoms in total. The van der Waals surface area contributed by atoms with Crippen molar-refractivity contribution in [3.8, 4) is 0 Å². The molecular weight excluding hydrogens is 375 g/mol. The Bertz CT molecular complexity index is 636. The number of halogens is 1. The zero-order valence-corrected chi connectivity index (χ0v) is 14.8. The van der Waals surface area contributed by atoms with Gasteiger partial charge in [-0.15, -0.1) is 0 Å². The highest BCUT2D eigenvalue weighted by molar-refractivity contribution is 14.1. The maximum atomic E-state index is 6.03. The van der Waals surface area contributed by atoms with Crippen LogP contribution in [0.3, 0.4) is 0 Å². The third-order valence-corrected chi connectivity index (χ3v) is 5.41. The zero-order chi connectivity index (χ0) is 14.8. The molecule has 0 aliphatic carbocycles. The molecule has 0 fully saturated rings. The number of aromatic nitrogens is 2. The van der Waals surface area contributed by atoms with E-state index in [1.165, 1.54) is 26.1 Å². The summed E-state index contributed by atoms with van der Waals surface area (Å²) in [6.07, 6.45) is 3.14. The second kappa shape index (κ2) is 6.48. The maximum Gasteiger partial charge on any atom is 0.102 e. The Kier molecular flexibility index (Phi) is 4.64. The maximum absolute atomic E-state index is 6.03. The molecule has 0 N–H and O–H groups in total.